The Bertz CT molecular complexity index is 424. The molecule has 0 amide bonds. The maximum Gasteiger partial charge on any atom is 0.189 e. The first-order valence-corrected chi connectivity index (χ1v) is 9.86. The molecule has 0 aromatic heterocycles. The van der Waals surface area contributed by atoms with Crippen molar-refractivity contribution in [1.29, 1.82) is 0 Å². The van der Waals surface area contributed by atoms with Gasteiger partial charge in [-0.2, -0.15) is 0 Å². The van der Waals surface area contributed by atoms with Gasteiger partial charge in [0.2, 0.25) is 0 Å². The molecule has 0 N–H and O–H groups in total. The van der Waals surface area contributed by atoms with Crippen molar-refractivity contribution in [3.05, 3.63) is 18.2 Å². The van der Waals surface area contributed by atoms with Crippen LogP contribution in [0.15, 0.2) is 18.2 Å². The van der Waals surface area contributed by atoms with E-state index in [1.807, 2.05) is 20.8 Å². The van der Waals surface area contributed by atoms with Crippen LogP contribution in [-0.4, -0.2) is 38.7 Å². The Balaban J connectivity index is 2.68. The molecule has 0 fully saturated rings. The van der Waals surface area contributed by atoms with Crippen LogP contribution in [-0.2, 0) is 14.2 Å². The quantitative estimate of drug-likeness (QED) is 0.390. The summed E-state index contributed by atoms with van der Waals surface area (Å²) in [5.74, 6) is 1.83. The Morgan fingerprint density at radius 1 is 0.556 bits per heavy atom. The summed E-state index contributed by atoms with van der Waals surface area (Å²) >= 11 is 0. The zero-order chi connectivity index (χ0) is 20.1. The van der Waals surface area contributed by atoms with Crippen molar-refractivity contribution in [2.45, 2.75) is 79.1 Å². The van der Waals surface area contributed by atoms with Crippen LogP contribution in [0.2, 0.25) is 0 Å². The van der Waals surface area contributed by atoms with Gasteiger partial charge >= 0.3 is 0 Å². The Labute approximate surface area is 164 Å². The van der Waals surface area contributed by atoms with Crippen LogP contribution in [0.3, 0.4) is 0 Å². The average Bonchev–Trinajstić information content (AvgIpc) is 2.67. The first-order valence-electron chi connectivity index (χ1n) is 9.86. The third-order valence-electron chi connectivity index (χ3n) is 4.31. The van der Waals surface area contributed by atoms with Crippen LogP contribution in [0.25, 0.3) is 0 Å². The van der Waals surface area contributed by atoms with Gasteiger partial charge in [0.25, 0.3) is 0 Å². The summed E-state index contributed by atoms with van der Waals surface area (Å²) in [6.45, 7) is 12.8. The molecular weight excluding hydrogens is 348 g/mol. The molecule has 0 aliphatic heterocycles. The summed E-state index contributed by atoms with van der Waals surface area (Å²) in [4.78, 5) is 0. The van der Waals surface area contributed by atoms with Gasteiger partial charge in [-0.25, -0.2) is 0 Å². The van der Waals surface area contributed by atoms with Gasteiger partial charge in [-0.3, -0.25) is 0 Å². The largest absolute Gasteiger partial charge is 0.467 e. The lowest BCUT2D eigenvalue weighted by molar-refractivity contribution is -0.0350. The molecule has 0 radical (unpaired) electrons. The fraction of sp³-hybridized carbons (Fsp3) is 0.714. The molecule has 3 atom stereocenters. The molecule has 0 saturated heterocycles. The van der Waals surface area contributed by atoms with E-state index in [2.05, 4.69) is 20.8 Å². The number of rotatable bonds is 15. The molecular formula is C21H36O6. The molecule has 6 heteroatoms. The number of ether oxygens (including phenoxy) is 6. The predicted molar refractivity (Wildman–Crippen MR) is 105 cm³/mol. The molecule has 0 spiro atoms. The summed E-state index contributed by atoms with van der Waals surface area (Å²) < 4.78 is 33.8. The van der Waals surface area contributed by atoms with E-state index in [1.54, 1.807) is 18.2 Å². The zero-order valence-corrected chi connectivity index (χ0v) is 17.7. The van der Waals surface area contributed by atoms with E-state index in [9.17, 15) is 0 Å². The molecule has 6 nitrogen and oxygen atoms in total. The van der Waals surface area contributed by atoms with E-state index in [-0.39, 0.29) is 38.7 Å². The summed E-state index contributed by atoms with van der Waals surface area (Å²) in [6, 6.07) is 5.38. The van der Waals surface area contributed by atoms with Crippen molar-refractivity contribution < 1.29 is 28.4 Å². The number of hydrogen-bond acceptors (Lipinski definition) is 6. The maximum atomic E-state index is 5.69. The first kappa shape index (κ1) is 23.5. The Morgan fingerprint density at radius 2 is 0.815 bits per heavy atom. The van der Waals surface area contributed by atoms with Gasteiger partial charge in [0.1, 0.15) is 17.2 Å². The second-order valence-electron chi connectivity index (χ2n) is 6.58. The molecule has 156 valence electrons. The highest BCUT2D eigenvalue weighted by Crippen LogP contribution is 2.28. The van der Waals surface area contributed by atoms with E-state index in [1.165, 1.54) is 0 Å². The minimum Gasteiger partial charge on any atom is -0.467 e. The number of benzene rings is 1. The van der Waals surface area contributed by atoms with Crippen LogP contribution in [0.5, 0.6) is 17.2 Å². The molecule has 27 heavy (non-hydrogen) atoms. The Hall–Kier alpha value is -1.50. The summed E-state index contributed by atoms with van der Waals surface area (Å²) in [7, 11) is 0. The topological polar surface area (TPSA) is 55.4 Å². The van der Waals surface area contributed by atoms with Crippen LogP contribution in [0.1, 0.15) is 60.8 Å². The third kappa shape index (κ3) is 10.4. The molecule has 0 bridgehead atoms. The van der Waals surface area contributed by atoms with Gasteiger partial charge < -0.3 is 28.4 Å². The van der Waals surface area contributed by atoms with Crippen LogP contribution >= 0.6 is 0 Å². The van der Waals surface area contributed by atoms with Gasteiger partial charge in [-0.05, 0) is 40.0 Å². The van der Waals surface area contributed by atoms with Crippen molar-refractivity contribution in [3.63, 3.8) is 0 Å². The van der Waals surface area contributed by atoms with E-state index >= 15 is 0 Å². The smallest absolute Gasteiger partial charge is 0.189 e. The SMILES string of the molecule is CCC(C)OCOc1cc(OCOC(C)CC)cc(OCOC(C)CC)c1. The highest BCUT2D eigenvalue weighted by atomic mass is 16.7. The van der Waals surface area contributed by atoms with Crippen molar-refractivity contribution in [2.24, 2.45) is 0 Å². The lowest BCUT2D eigenvalue weighted by atomic mass is 10.3. The van der Waals surface area contributed by atoms with Gasteiger partial charge in [0, 0.05) is 18.2 Å². The minimum absolute atomic E-state index is 0.146. The second-order valence-corrected chi connectivity index (χ2v) is 6.58. The van der Waals surface area contributed by atoms with Gasteiger partial charge in [-0.1, -0.05) is 20.8 Å². The standard InChI is InChI=1S/C21H36O6/c1-7-16(4)22-13-25-19-10-20(26-14-23-17(5)8-2)12-21(11-19)27-15-24-18(6)9-3/h10-12,16-18H,7-9,13-15H2,1-6H3. The summed E-state index contributed by atoms with van der Waals surface area (Å²) in [5.41, 5.74) is 0. The van der Waals surface area contributed by atoms with Crippen molar-refractivity contribution >= 4 is 0 Å². The van der Waals surface area contributed by atoms with Crippen molar-refractivity contribution in [2.75, 3.05) is 20.4 Å². The van der Waals surface area contributed by atoms with Crippen LogP contribution < -0.4 is 14.2 Å². The van der Waals surface area contributed by atoms with E-state index < -0.39 is 0 Å². The number of hydrogen-bond donors (Lipinski definition) is 0. The molecule has 1 aromatic rings. The van der Waals surface area contributed by atoms with Gasteiger partial charge in [0.15, 0.2) is 20.4 Å². The third-order valence-corrected chi connectivity index (χ3v) is 4.31. The molecule has 1 rings (SSSR count). The molecule has 3 unspecified atom stereocenters. The van der Waals surface area contributed by atoms with E-state index in [0.717, 1.165) is 19.3 Å². The normalized spacial score (nSPS) is 14.4. The van der Waals surface area contributed by atoms with E-state index in [0.29, 0.717) is 17.2 Å². The van der Waals surface area contributed by atoms with Crippen LogP contribution in [0, 0.1) is 0 Å². The van der Waals surface area contributed by atoms with E-state index in [4.69, 9.17) is 28.4 Å². The van der Waals surface area contributed by atoms with Crippen molar-refractivity contribution in [1.82, 2.24) is 0 Å². The molecule has 0 aliphatic rings. The minimum atomic E-state index is 0.146. The average molecular weight is 385 g/mol. The highest BCUT2D eigenvalue weighted by molar-refractivity contribution is 5.42. The molecule has 0 heterocycles. The lowest BCUT2D eigenvalue weighted by Gasteiger charge is -2.16. The van der Waals surface area contributed by atoms with Gasteiger partial charge in [-0.15, -0.1) is 0 Å². The molecule has 0 saturated carbocycles. The first-order chi connectivity index (χ1) is 13.0. The maximum absolute atomic E-state index is 5.69. The van der Waals surface area contributed by atoms with Gasteiger partial charge in [0.05, 0.1) is 18.3 Å². The predicted octanol–water partition coefficient (Wildman–Crippen LogP) is 5.14. The Kier molecular flexibility index (Phi) is 11.9. The zero-order valence-electron chi connectivity index (χ0n) is 17.7. The summed E-state index contributed by atoms with van der Waals surface area (Å²) in [6.07, 6.45) is 3.23. The second kappa shape index (κ2) is 13.6. The monoisotopic (exact) mass is 384 g/mol. The Morgan fingerprint density at radius 3 is 1.04 bits per heavy atom. The molecule has 0 aliphatic carbocycles. The highest BCUT2D eigenvalue weighted by Gasteiger charge is 2.08. The fourth-order valence-corrected chi connectivity index (χ4v) is 1.80. The lowest BCUT2D eigenvalue weighted by Crippen LogP contribution is -2.13. The fourth-order valence-electron chi connectivity index (χ4n) is 1.80. The van der Waals surface area contributed by atoms with Crippen molar-refractivity contribution in [3.8, 4) is 17.2 Å². The summed E-state index contributed by atoms with van der Waals surface area (Å²) in [5, 5.41) is 0. The van der Waals surface area contributed by atoms with Crippen LogP contribution in [0.4, 0.5) is 0 Å². The molecule has 1 aromatic carbocycles.